The fourth-order valence-electron chi connectivity index (χ4n) is 4.08. The number of aryl methyl sites for hydroxylation is 1. The summed E-state index contributed by atoms with van der Waals surface area (Å²) < 4.78 is 12.9. The summed E-state index contributed by atoms with van der Waals surface area (Å²) >= 11 is 0. The Morgan fingerprint density at radius 2 is 1.72 bits per heavy atom. The first kappa shape index (κ1) is 23.4. The molecule has 32 heavy (non-hydrogen) atoms. The molecule has 2 N–H and O–H groups in total. The van der Waals surface area contributed by atoms with E-state index in [1.165, 1.54) is 5.56 Å². The molecule has 0 fully saturated rings. The molecule has 0 bridgehead atoms. The number of carbonyl (C=O) groups is 1. The Morgan fingerprint density at radius 1 is 1.00 bits per heavy atom. The summed E-state index contributed by atoms with van der Waals surface area (Å²) in [6.07, 6.45) is 0.741. The smallest absolute Gasteiger partial charge is 0.337 e. The number of benzene rings is 2. The van der Waals surface area contributed by atoms with Gasteiger partial charge < -0.3 is 24.5 Å². The summed E-state index contributed by atoms with van der Waals surface area (Å²) in [5, 5.41) is 13.3. The summed E-state index contributed by atoms with van der Waals surface area (Å²) in [7, 11) is 3.30. The number of hydrogen-bond donors (Lipinski definition) is 2. The minimum absolute atomic E-state index is 0.390. The summed E-state index contributed by atoms with van der Waals surface area (Å²) in [5.41, 5.74) is 6.38. The van der Waals surface area contributed by atoms with Gasteiger partial charge in [-0.1, -0.05) is 29.8 Å². The number of hydrogen-bond acceptors (Lipinski definition) is 4. The van der Waals surface area contributed by atoms with Gasteiger partial charge in [0.05, 0.1) is 19.8 Å². The molecule has 3 aromatic rings. The van der Waals surface area contributed by atoms with Crippen LogP contribution in [0.5, 0.6) is 11.5 Å². The van der Waals surface area contributed by atoms with Crippen molar-refractivity contribution in [3.63, 3.8) is 0 Å². The molecule has 0 saturated carbocycles. The van der Waals surface area contributed by atoms with E-state index in [2.05, 4.69) is 41.1 Å². The number of carboxylic acid groups (broad SMARTS) is 1. The lowest BCUT2D eigenvalue weighted by atomic mass is 10.1. The third-order valence-corrected chi connectivity index (χ3v) is 5.95. The van der Waals surface area contributed by atoms with E-state index in [4.69, 9.17) is 9.47 Å². The van der Waals surface area contributed by atoms with Crippen LogP contribution < -0.4 is 14.8 Å². The van der Waals surface area contributed by atoms with Crippen molar-refractivity contribution in [1.82, 2.24) is 9.88 Å². The average molecular weight is 437 g/mol. The van der Waals surface area contributed by atoms with E-state index in [-0.39, 0.29) is 0 Å². The van der Waals surface area contributed by atoms with E-state index in [9.17, 15) is 9.90 Å². The number of rotatable bonds is 10. The average Bonchev–Trinajstić information content (AvgIpc) is 3.02. The Bertz CT molecular complexity index is 1080. The van der Waals surface area contributed by atoms with E-state index >= 15 is 0 Å². The molecular formula is C26H32N2O4. The van der Waals surface area contributed by atoms with Crippen molar-refractivity contribution in [2.75, 3.05) is 20.8 Å². The van der Waals surface area contributed by atoms with Crippen LogP contribution in [-0.2, 0) is 19.5 Å². The Morgan fingerprint density at radius 3 is 2.34 bits per heavy atom. The van der Waals surface area contributed by atoms with Gasteiger partial charge in [-0.15, -0.1) is 0 Å². The van der Waals surface area contributed by atoms with Crippen molar-refractivity contribution in [1.29, 1.82) is 0 Å². The maximum atomic E-state index is 12.0. The number of methoxy groups -OCH3 is 2. The molecule has 0 unspecified atom stereocenters. The molecule has 0 aliphatic carbocycles. The van der Waals surface area contributed by atoms with Crippen molar-refractivity contribution >= 4 is 5.97 Å². The van der Waals surface area contributed by atoms with Crippen LogP contribution in [0.2, 0.25) is 0 Å². The summed E-state index contributed by atoms with van der Waals surface area (Å²) in [6.45, 7) is 7.76. The van der Waals surface area contributed by atoms with Gasteiger partial charge in [-0.3, -0.25) is 0 Å². The van der Waals surface area contributed by atoms with Crippen LogP contribution in [-0.4, -0.2) is 36.4 Å². The summed E-state index contributed by atoms with van der Waals surface area (Å²) in [4.78, 5) is 12.0. The molecule has 0 amide bonds. The SMILES string of the molecule is COc1ccc(OC)c(CCNCc2c(C(=O)O)c(C)n(Cc3ccc(C)cc3)c2C)c1. The van der Waals surface area contributed by atoms with Gasteiger partial charge >= 0.3 is 5.97 Å². The van der Waals surface area contributed by atoms with Crippen molar-refractivity contribution in [3.8, 4) is 11.5 Å². The predicted octanol–water partition coefficient (Wildman–Crippen LogP) is 4.51. The molecule has 0 radical (unpaired) electrons. The molecule has 2 aromatic carbocycles. The van der Waals surface area contributed by atoms with Crippen molar-refractivity contribution in [2.45, 2.75) is 40.3 Å². The molecule has 0 aliphatic heterocycles. The lowest BCUT2D eigenvalue weighted by molar-refractivity contribution is 0.0694. The standard InChI is InChI=1S/C26H32N2O4/c1-17-6-8-20(9-7-17)16-28-18(2)23(25(19(28)3)26(29)30)15-27-13-12-21-14-22(31-4)10-11-24(21)32-5/h6-11,14,27H,12-13,15-16H2,1-5H3,(H,29,30). The third kappa shape index (κ3) is 5.14. The van der Waals surface area contributed by atoms with Gasteiger partial charge in [-0.25, -0.2) is 4.79 Å². The Labute approximate surface area is 189 Å². The maximum absolute atomic E-state index is 12.0. The number of nitrogens with zero attached hydrogens (tertiary/aromatic N) is 1. The maximum Gasteiger partial charge on any atom is 0.337 e. The molecule has 0 aliphatic rings. The minimum Gasteiger partial charge on any atom is -0.497 e. The van der Waals surface area contributed by atoms with E-state index in [1.807, 2.05) is 32.0 Å². The number of aromatic carboxylic acids is 1. The molecular weight excluding hydrogens is 404 g/mol. The summed E-state index contributed by atoms with van der Waals surface area (Å²) in [6, 6.07) is 14.1. The second-order valence-electron chi connectivity index (χ2n) is 8.01. The van der Waals surface area contributed by atoms with Crippen molar-refractivity contribution in [2.24, 2.45) is 0 Å². The fourth-order valence-corrected chi connectivity index (χ4v) is 4.08. The number of nitrogens with one attached hydrogen (secondary N) is 1. The zero-order valence-electron chi connectivity index (χ0n) is 19.5. The van der Waals surface area contributed by atoms with Gasteiger partial charge in [0.25, 0.3) is 0 Å². The molecule has 3 rings (SSSR count). The molecule has 170 valence electrons. The van der Waals surface area contributed by atoms with E-state index in [0.29, 0.717) is 25.2 Å². The second kappa shape index (κ2) is 10.4. The van der Waals surface area contributed by atoms with Gasteiger partial charge in [-0.05, 0) is 63.1 Å². The van der Waals surface area contributed by atoms with Crippen LogP contribution in [0.1, 0.15) is 44.0 Å². The number of carboxylic acids is 1. The van der Waals surface area contributed by atoms with Crippen LogP contribution in [0.4, 0.5) is 0 Å². The van der Waals surface area contributed by atoms with Gasteiger partial charge in [-0.2, -0.15) is 0 Å². The van der Waals surface area contributed by atoms with Gasteiger partial charge in [0.2, 0.25) is 0 Å². The minimum atomic E-state index is -0.889. The number of ether oxygens (including phenoxy) is 2. The highest BCUT2D eigenvalue weighted by molar-refractivity contribution is 5.91. The highest BCUT2D eigenvalue weighted by Gasteiger charge is 2.22. The lowest BCUT2D eigenvalue weighted by Gasteiger charge is -2.12. The Kier molecular flexibility index (Phi) is 7.59. The van der Waals surface area contributed by atoms with Gasteiger partial charge in [0, 0.05) is 30.0 Å². The molecule has 0 atom stereocenters. The molecule has 1 heterocycles. The van der Waals surface area contributed by atoms with Crippen LogP contribution in [0.25, 0.3) is 0 Å². The molecule has 6 nitrogen and oxygen atoms in total. The quantitative estimate of drug-likeness (QED) is 0.458. The highest BCUT2D eigenvalue weighted by Crippen LogP contribution is 2.26. The first-order valence-electron chi connectivity index (χ1n) is 10.7. The Balaban J connectivity index is 1.75. The van der Waals surface area contributed by atoms with Crippen LogP contribution in [0.15, 0.2) is 42.5 Å². The Hall–Kier alpha value is -3.25. The largest absolute Gasteiger partial charge is 0.497 e. The summed E-state index contributed by atoms with van der Waals surface area (Å²) in [5.74, 6) is 0.711. The third-order valence-electron chi connectivity index (χ3n) is 5.95. The molecule has 0 spiro atoms. The zero-order chi connectivity index (χ0) is 23.3. The van der Waals surface area contributed by atoms with Crippen molar-refractivity contribution in [3.05, 3.63) is 81.7 Å². The fraction of sp³-hybridized carbons (Fsp3) is 0.346. The first-order valence-corrected chi connectivity index (χ1v) is 10.7. The zero-order valence-corrected chi connectivity index (χ0v) is 19.5. The topological polar surface area (TPSA) is 72.7 Å². The molecule has 1 aromatic heterocycles. The second-order valence-corrected chi connectivity index (χ2v) is 8.01. The molecule has 0 saturated heterocycles. The van der Waals surface area contributed by atoms with Crippen LogP contribution >= 0.6 is 0 Å². The van der Waals surface area contributed by atoms with Crippen LogP contribution in [0, 0.1) is 20.8 Å². The predicted molar refractivity (Wildman–Crippen MR) is 126 cm³/mol. The first-order chi connectivity index (χ1) is 15.3. The molecule has 6 heteroatoms. The highest BCUT2D eigenvalue weighted by atomic mass is 16.5. The van der Waals surface area contributed by atoms with E-state index < -0.39 is 5.97 Å². The number of aromatic nitrogens is 1. The normalized spacial score (nSPS) is 10.9. The van der Waals surface area contributed by atoms with Crippen LogP contribution in [0.3, 0.4) is 0 Å². The van der Waals surface area contributed by atoms with Gasteiger partial charge in [0.15, 0.2) is 0 Å². The van der Waals surface area contributed by atoms with Crippen molar-refractivity contribution < 1.29 is 19.4 Å². The van der Waals surface area contributed by atoms with Gasteiger partial charge in [0.1, 0.15) is 11.5 Å². The van der Waals surface area contributed by atoms with E-state index in [0.717, 1.165) is 46.0 Å². The monoisotopic (exact) mass is 436 g/mol. The van der Waals surface area contributed by atoms with E-state index in [1.54, 1.807) is 14.2 Å². The lowest BCUT2D eigenvalue weighted by Crippen LogP contribution is -2.19.